The molecule has 0 bridgehead atoms. The number of carbonyl (C=O) groups excluding carboxylic acids is 2. The van der Waals surface area contributed by atoms with Gasteiger partial charge in [-0.1, -0.05) is 62.9 Å². The summed E-state index contributed by atoms with van der Waals surface area (Å²) in [6.07, 6.45) is 5.98. The fraction of sp³-hybridized carbons (Fsp3) is 0.286. The molecular weight excluding hydrogens is 412 g/mol. The van der Waals surface area contributed by atoms with Crippen LogP contribution in [0.3, 0.4) is 0 Å². The first-order chi connectivity index (χ1) is 16.2. The normalized spacial score (nSPS) is 10.5. The lowest BCUT2D eigenvalue weighted by Crippen LogP contribution is -2.22. The van der Waals surface area contributed by atoms with Gasteiger partial charge in [0.25, 0.3) is 11.8 Å². The third-order valence-corrected chi connectivity index (χ3v) is 5.33. The Morgan fingerprint density at radius 2 is 1.36 bits per heavy atom. The first-order valence-corrected chi connectivity index (χ1v) is 11.6. The molecule has 3 aromatic rings. The van der Waals surface area contributed by atoms with Gasteiger partial charge in [-0.05, 0) is 60.5 Å². The molecule has 3 rings (SSSR count). The number of anilines is 1. The highest BCUT2D eigenvalue weighted by molar-refractivity contribution is 6.04. The van der Waals surface area contributed by atoms with E-state index in [2.05, 4.69) is 17.6 Å². The van der Waals surface area contributed by atoms with Gasteiger partial charge < -0.3 is 15.4 Å². The Morgan fingerprint density at radius 3 is 2.06 bits per heavy atom. The monoisotopic (exact) mass is 444 g/mol. The predicted octanol–water partition coefficient (Wildman–Crippen LogP) is 6.22. The van der Waals surface area contributed by atoms with E-state index in [4.69, 9.17) is 4.74 Å². The smallest absolute Gasteiger partial charge is 0.255 e. The zero-order valence-electron chi connectivity index (χ0n) is 19.2. The Morgan fingerprint density at radius 1 is 0.727 bits per heavy atom. The van der Waals surface area contributed by atoms with Crippen molar-refractivity contribution in [1.29, 1.82) is 0 Å². The summed E-state index contributed by atoms with van der Waals surface area (Å²) < 4.78 is 5.75. The van der Waals surface area contributed by atoms with Crippen molar-refractivity contribution in [1.82, 2.24) is 5.32 Å². The summed E-state index contributed by atoms with van der Waals surface area (Å²) >= 11 is 0. The zero-order valence-corrected chi connectivity index (χ0v) is 19.2. The SMILES string of the molecule is CCCCCCCOc1ccc(C(=O)Nc2ccc(C(=O)NCc3ccccc3)cc2)cc1. The zero-order chi connectivity index (χ0) is 23.3. The van der Waals surface area contributed by atoms with Crippen LogP contribution in [0.2, 0.25) is 0 Å². The molecule has 33 heavy (non-hydrogen) atoms. The minimum Gasteiger partial charge on any atom is -0.494 e. The van der Waals surface area contributed by atoms with Gasteiger partial charge in [0.15, 0.2) is 0 Å². The molecule has 0 saturated heterocycles. The summed E-state index contributed by atoms with van der Waals surface area (Å²) in [7, 11) is 0. The highest BCUT2D eigenvalue weighted by Crippen LogP contribution is 2.16. The van der Waals surface area contributed by atoms with Crippen LogP contribution in [0.5, 0.6) is 5.75 Å². The number of hydrogen-bond donors (Lipinski definition) is 2. The molecule has 0 atom stereocenters. The number of amides is 2. The number of rotatable bonds is 12. The third-order valence-electron chi connectivity index (χ3n) is 5.33. The average Bonchev–Trinajstić information content (AvgIpc) is 2.86. The Balaban J connectivity index is 1.44. The Kier molecular flexibility index (Phi) is 9.52. The van der Waals surface area contributed by atoms with Crippen LogP contribution in [-0.2, 0) is 6.54 Å². The van der Waals surface area contributed by atoms with Crippen molar-refractivity contribution in [3.8, 4) is 5.75 Å². The van der Waals surface area contributed by atoms with Crippen LogP contribution >= 0.6 is 0 Å². The van der Waals surface area contributed by atoms with Crippen LogP contribution in [0.15, 0.2) is 78.9 Å². The van der Waals surface area contributed by atoms with Gasteiger partial charge in [-0.2, -0.15) is 0 Å². The van der Waals surface area contributed by atoms with Gasteiger partial charge in [-0.3, -0.25) is 9.59 Å². The van der Waals surface area contributed by atoms with Gasteiger partial charge in [-0.25, -0.2) is 0 Å². The molecular formula is C28H32N2O3. The number of hydrogen-bond acceptors (Lipinski definition) is 3. The van der Waals surface area contributed by atoms with Gasteiger partial charge in [0.1, 0.15) is 5.75 Å². The summed E-state index contributed by atoms with van der Waals surface area (Å²) in [5.74, 6) is 0.410. The third kappa shape index (κ3) is 8.11. The standard InChI is InChI=1S/C28H32N2O3/c1-2-3-4-5-9-20-33-26-18-14-24(15-19-26)28(32)30-25-16-12-23(13-17-25)27(31)29-21-22-10-7-6-8-11-22/h6-8,10-19H,2-5,9,20-21H2,1H3,(H,29,31)(H,30,32). The second kappa shape index (κ2) is 13.1. The van der Waals surface area contributed by atoms with Crippen molar-refractivity contribution in [2.45, 2.75) is 45.6 Å². The van der Waals surface area contributed by atoms with E-state index in [0.717, 1.165) is 17.7 Å². The highest BCUT2D eigenvalue weighted by Gasteiger charge is 2.09. The van der Waals surface area contributed by atoms with Crippen molar-refractivity contribution in [3.63, 3.8) is 0 Å². The first-order valence-electron chi connectivity index (χ1n) is 11.6. The van der Waals surface area contributed by atoms with Crippen molar-refractivity contribution >= 4 is 17.5 Å². The van der Waals surface area contributed by atoms with E-state index in [0.29, 0.717) is 30.0 Å². The van der Waals surface area contributed by atoms with Gasteiger partial charge >= 0.3 is 0 Å². The molecule has 172 valence electrons. The van der Waals surface area contributed by atoms with Crippen molar-refractivity contribution in [2.24, 2.45) is 0 Å². The summed E-state index contributed by atoms with van der Waals surface area (Å²) in [6.45, 7) is 3.37. The number of unbranched alkanes of at least 4 members (excludes halogenated alkanes) is 4. The van der Waals surface area contributed by atoms with E-state index in [-0.39, 0.29) is 11.8 Å². The molecule has 5 heteroatoms. The molecule has 0 spiro atoms. The average molecular weight is 445 g/mol. The number of benzene rings is 3. The molecule has 0 aliphatic rings. The van der Waals surface area contributed by atoms with E-state index >= 15 is 0 Å². The van der Waals surface area contributed by atoms with Gasteiger partial charge in [-0.15, -0.1) is 0 Å². The van der Waals surface area contributed by atoms with Crippen molar-refractivity contribution < 1.29 is 14.3 Å². The van der Waals surface area contributed by atoms with Crippen LogP contribution in [0, 0.1) is 0 Å². The van der Waals surface area contributed by atoms with E-state index < -0.39 is 0 Å². The highest BCUT2D eigenvalue weighted by atomic mass is 16.5. The second-order valence-corrected chi connectivity index (χ2v) is 7.99. The maximum Gasteiger partial charge on any atom is 0.255 e. The lowest BCUT2D eigenvalue weighted by molar-refractivity contribution is 0.0950. The lowest BCUT2D eigenvalue weighted by atomic mass is 10.1. The molecule has 2 amide bonds. The van der Waals surface area contributed by atoms with Crippen LogP contribution in [0.1, 0.15) is 65.3 Å². The van der Waals surface area contributed by atoms with E-state index in [1.165, 1.54) is 25.7 Å². The Bertz CT molecular complexity index is 1000. The molecule has 2 N–H and O–H groups in total. The largest absolute Gasteiger partial charge is 0.494 e. The molecule has 0 fully saturated rings. The van der Waals surface area contributed by atoms with Gasteiger partial charge in [0, 0.05) is 23.4 Å². The van der Waals surface area contributed by atoms with E-state index in [9.17, 15) is 9.59 Å². The number of nitrogens with one attached hydrogen (secondary N) is 2. The predicted molar refractivity (Wildman–Crippen MR) is 133 cm³/mol. The summed E-state index contributed by atoms with van der Waals surface area (Å²) in [5, 5.41) is 5.76. The van der Waals surface area contributed by atoms with Crippen molar-refractivity contribution in [2.75, 3.05) is 11.9 Å². The van der Waals surface area contributed by atoms with Crippen LogP contribution in [-0.4, -0.2) is 18.4 Å². The molecule has 0 saturated carbocycles. The van der Waals surface area contributed by atoms with Crippen LogP contribution < -0.4 is 15.4 Å². The Hall–Kier alpha value is -3.60. The summed E-state index contributed by atoms with van der Waals surface area (Å²) in [4.78, 5) is 24.9. The maximum absolute atomic E-state index is 12.5. The minimum absolute atomic E-state index is 0.155. The molecule has 0 aliphatic carbocycles. The second-order valence-electron chi connectivity index (χ2n) is 7.99. The van der Waals surface area contributed by atoms with E-state index in [1.54, 1.807) is 36.4 Å². The Labute approximate surface area is 196 Å². The molecule has 5 nitrogen and oxygen atoms in total. The van der Waals surface area contributed by atoms with Crippen LogP contribution in [0.25, 0.3) is 0 Å². The molecule has 0 heterocycles. The molecule has 0 aromatic heterocycles. The number of carbonyl (C=O) groups is 2. The van der Waals surface area contributed by atoms with Crippen molar-refractivity contribution in [3.05, 3.63) is 95.6 Å². The quantitative estimate of drug-likeness (QED) is 0.326. The van der Waals surface area contributed by atoms with Crippen LogP contribution in [0.4, 0.5) is 5.69 Å². The molecule has 0 aliphatic heterocycles. The maximum atomic E-state index is 12.5. The lowest BCUT2D eigenvalue weighted by Gasteiger charge is -2.09. The van der Waals surface area contributed by atoms with Gasteiger partial charge in [0.2, 0.25) is 0 Å². The van der Waals surface area contributed by atoms with Gasteiger partial charge in [0.05, 0.1) is 6.61 Å². The first kappa shape index (κ1) is 24.1. The number of ether oxygens (including phenoxy) is 1. The topological polar surface area (TPSA) is 67.4 Å². The van der Waals surface area contributed by atoms with E-state index in [1.807, 2.05) is 42.5 Å². The summed E-state index contributed by atoms with van der Waals surface area (Å²) in [5.41, 5.74) is 2.76. The fourth-order valence-corrected chi connectivity index (χ4v) is 3.39. The minimum atomic E-state index is -0.206. The summed E-state index contributed by atoms with van der Waals surface area (Å²) in [6, 6.07) is 23.8. The fourth-order valence-electron chi connectivity index (χ4n) is 3.39. The molecule has 0 unspecified atom stereocenters. The molecule has 3 aromatic carbocycles. The molecule has 0 radical (unpaired) electrons.